The summed E-state index contributed by atoms with van der Waals surface area (Å²) in [6.07, 6.45) is 0.636. The number of carbonyl (C=O) groups is 3. The molecule has 0 rings (SSSR count). The molecule has 0 aliphatic heterocycles. The highest BCUT2D eigenvalue weighted by Gasteiger charge is 2.27. The number of hydrogen-bond donors (Lipinski definition) is 5. The maximum Gasteiger partial charge on any atom is 0.245 e. The molecule has 0 heterocycles. The Balaban J connectivity index is 4.61. The molecule has 0 spiro atoms. The van der Waals surface area contributed by atoms with Gasteiger partial charge in [0.25, 0.3) is 0 Å². The van der Waals surface area contributed by atoms with Gasteiger partial charge in [0, 0.05) is 6.92 Å². The summed E-state index contributed by atoms with van der Waals surface area (Å²) in [5, 5.41) is 14.2. The number of hydrogen-bond acceptors (Lipinski definition) is 5. The van der Waals surface area contributed by atoms with Crippen molar-refractivity contribution in [3.05, 3.63) is 0 Å². The highest BCUT2D eigenvalue weighted by atomic mass is 16.3. The summed E-state index contributed by atoms with van der Waals surface area (Å²) in [4.78, 5) is 34.2. The molecule has 1 unspecified atom stereocenters. The Kier molecular flexibility index (Phi) is 8.49. The van der Waals surface area contributed by atoms with Crippen LogP contribution in [0, 0.1) is 0 Å². The van der Waals surface area contributed by atoms with E-state index in [-0.39, 0.29) is 0 Å². The monoisotopic (exact) mass is 288 g/mol. The molecule has 0 aromatic heterocycles. The lowest BCUT2D eigenvalue weighted by atomic mass is 10.1. The summed E-state index contributed by atoms with van der Waals surface area (Å²) in [7, 11) is 0. The molecule has 0 aliphatic carbocycles. The Morgan fingerprint density at radius 1 is 1.20 bits per heavy atom. The first-order valence-corrected chi connectivity index (χ1v) is 6.54. The van der Waals surface area contributed by atoms with Crippen molar-refractivity contribution in [3.63, 3.8) is 0 Å². The van der Waals surface area contributed by atoms with Crippen LogP contribution in [0.25, 0.3) is 0 Å². The molecule has 0 fully saturated rings. The molecule has 3 atom stereocenters. The first kappa shape index (κ1) is 18.3. The van der Waals surface area contributed by atoms with Crippen molar-refractivity contribution in [1.29, 1.82) is 0 Å². The zero-order valence-electron chi connectivity index (χ0n) is 11.9. The van der Waals surface area contributed by atoms with Gasteiger partial charge in [0.1, 0.15) is 12.1 Å². The molecule has 0 bridgehead atoms. The van der Waals surface area contributed by atoms with Gasteiger partial charge in [-0.1, -0.05) is 0 Å². The smallest absolute Gasteiger partial charge is 0.245 e. The van der Waals surface area contributed by atoms with Crippen LogP contribution < -0.4 is 22.1 Å². The molecular formula is C12H24N4O4. The quantitative estimate of drug-likeness (QED) is 0.310. The average molecular weight is 288 g/mol. The van der Waals surface area contributed by atoms with E-state index in [0.717, 1.165) is 0 Å². The van der Waals surface area contributed by atoms with Crippen molar-refractivity contribution in [2.45, 2.75) is 51.3 Å². The van der Waals surface area contributed by atoms with Crippen molar-refractivity contribution in [3.8, 4) is 0 Å². The van der Waals surface area contributed by atoms with Crippen LogP contribution in [0.15, 0.2) is 0 Å². The van der Waals surface area contributed by atoms with Crippen molar-refractivity contribution in [2.75, 3.05) is 6.54 Å². The number of aliphatic hydroxyl groups excluding tert-OH is 1. The maximum atomic E-state index is 11.9. The normalized spacial score (nSPS) is 15.0. The third-order valence-electron chi connectivity index (χ3n) is 2.73. The van der Waals surface area contributed by atoms with E-state index in [1.54, 1.807) is 0 Å². The number of unbranched alkanes of at least 4 members (excludes halogenated alkanes) is 1. The van der Waals surface area contributed by atoms with Crippen molar-refractivity contribution >= 4 is 17.7 Å². The summed E-state index contributed by atoms with van der Waals surface area (Å²) in [5.41, 5.74) is 10.6. The number of rotatable bonds is 9. The van der Waals surface area contributed by atoms with E-state index < -0.39 is 35.9 Å². The van der Waals surface area contributed by atoms with E-state index in [1.807, 2.05) is 0 Å². The van der Waals surface area contributed by atoms with Crippen LogP contribution in [0.2, 0.25) is 0 Å². The predicted molar refractivity (Wildman–Crippen MR) is 73.3 cm³/mol. The predicted octanol–water partition coefficient (Wildman–Crippen LogP) is -2.03. The van der Waals surface area contributed by atoms with Crippen molar-refractivity contribution in [1.82, 2.24) is 10.6 Å². The summed E-state index contributed by atoms with van der Waals surface area (Å²) in [5.74, 6) is -1.76. The van der Waals surface area contributed by atoms with Gasteiger partial charge in [-0.15, -0.1) is 0 Å². The molecule has 116 valence electrons. The Morgan fingerprint density at radius 3 is 2.20 bits per heavy atom. The molecule has 8 heteroatoms. The van der Waals surface area contributed by atoms with Crippen molar-refractivity contribution in [2.24, 2.45) is 11.5 Å². The lowest BCUT2D eigenvalue weighted by Crippen LogP contribution is -2.56. The fourth-order valence-electron chi connectivity index (χ4n) is 1.66. The van der Waals surface area contributed by atoms with Crippen LogP contribution in [0.1, 0.15) is 33.1 Å². The third-order valence-corrected chi connectivity index (χ3v) is 2.73. The van der Waals surface area contributed by atoms with E-state index in [0.29, 0.717) is 25.8 Å². The maximum absolute atomic E-state index is 11.9. The fourth-order valence-corrected chi connectivity index (χ4v) is 1.66. The van der Waals surface area contributed by atoms with Crippen LogP contribution in [0.4, 0.5) is 0 Å². The summed E-state index contributed by atoms with van der Waals surface area (Å²) >= 11 is 0. The van der Waals surface area contributed by atoms with E-state index in [1.165, 1.54) is 13.8 Å². The number of nitrogens with two attached hydrogens (primary N) is 2. The van der Waals surface area contributed by atoms with Crippen LogP contribution in [0.3, 0.4) is 0 Å². The third kappa shape index (κ3) is 7.05. The molecule has 7 N–H and O–H groups in total. The molecule has 20 heavy (non-hydrogen) atoms. The van der Waals surface area contributed by atoms with Gasteiger partial charge in [0.2, 0.25) is 17.7 Å². The molecule has 0 radical (unpaired) electrons. The van der Waals surface area contributed by atoms with Crippen LogP contribution >= 0.6 is 0 Å². The molecule has 0 aliphatic rings. The van der Waals surface area contributed by atoms with E-state index >= 15 is 0 Å². The van der Waals surface area contributed by atoms with E-state index in [2.05, 4.69) is 10.6 Å². The van der Waals surface area contributed by atoms with Gasteiger partial charge < -0.3 is 27.2 Å². The molecule has 0 aromatic rings. The highest BCUT2D eigenvalue weighted by Crippen LogP contribution is 2.02. The topological polar surface area (TPSA) is 148 Å². The van der Waals surface area contributed by atoms with Crippen LogP contribution in [0.5, 0.6) is 0 Å². The zero-order chi connectivity index (χ0) is 15.7. The molecule has 0 saturated heterocycles. The minimum Gasteiger partial charge on any atom is -0.391 e. The zero-order valence-corrected chi connectivity index (χ0v) is 11.9. The number of primary amides is 1. The second-order valence-corrected chi connectivity index (χ2v) is 4.67. The fraction of sp³-hybridized carbons (Fsp3) is 0.750. The largest absolute Gasteiger partial charge is 0.391 e. The van der Waals surface area contributed by atoms with Crippen LogP contribution in [-0.4, -0.2) is 47.6 Å². The standard InChI is InChI=1S/C12H24N4O4/c1-7(17)10(15-8(2)18)12(20)16-9(11(14)19)5-3-4-6-13/h7,9-10,17H,3-6,13H2,1-2H3,(H2,14,19)(H,15,18)(H,16,20)/t7?,9-,10-/m0/s1. The number of carbonyl (C=O) groups excluding carboxylic acids is 3. The molecular weight excluding hydrogens is 264 g/mol. The van der Waals surface area contributed by atoms with E-state index in [9.17, 15) is 19.5 Å². The number of amides is 3. The minimum atomic E-state index is -1.12. The number of nitrogens with one attached hydrogen (secondary N) is 2. The Hall–Kier alpha value is -1.67. The summed E-state index contributed by atoms with van der Waals surface area (Å²) in [6.45, 7) is 3.09. The van der Waals surface area contributed by atoms with E-state index in [4.69, 9.17) is 11.5 Å². The van der Waals surface area contributed by atoms with Gasteiger partial charge in [0.05, 0.1) is 6.10 Å². The molecule has 0 saturated carbocycles. The Labute approximate surface area is 118 Å². The highest BCUT2D eigenvalue weighted by molar-refractivity contribution is 5.91. The first-order valence-electron chi connectivity index (χ1n) is 6.54. The van der Waals surface area contributed by atoms with Crippen LogP contribution in [-0.2, 0) is 14.4 Å². The second-order valence-electron chi connectivity index (χ2n) is 4.67. The molecule has 3 amide bonds. The second kappa shape index (κ2) is 9.27. The lowest BCUT2D eigenvalue weighted by Gasteiger charge is -2.23. The van der Waals surface area contributed by atoms with Crippen molar-refractivity contribution < 1.29 is 19.5 Å². The first-order chi connectivity index (χ1) is 9.29. The number of aliphatic hydroxyl groups is 1. The van der Waals surface area contributed by atoms with Gasteiger partial charge in [0.15, 0.2) is 0 Å². The van der Waals surface area contributed by atoms with Gasteiger partial charge in [-0.3, -0.25) is 14.4 Å². The molecule has 8 nitrogen and oxygen atoms in total. The Morgan fingerprint density at radius 2 is 1.80 bits per heavy atom. The van der Waals surface area contributed by atoms with Gasteiger partial charge >= 0.3 is 0 Å². The lowest BCUT2D eigenvalue weighted by molar-refractivity contribution is -0.133. The van der Waals surface area contributed by atoms with Gasteiger partial charge in [-0.05, 0) is 32.7 Å². The minimum absolute atomic E-state index is 0.366. The summed E-state index contributed by atoms with van der Waals surface area (Å²) < 4.78 is 0. The van der Waals surface area contributed by atoms with Gasteiger partial charge in [-0.25, -0.2) is 0 Å². The molecule has 0 aromatic carbocycles. The average Bonchev–Trinajstić information content (AvgIpc) is 2.33. The SMILES string of the molecule is CC(=O)N[C@H](C(=O)N[C@@H](CCCCN)C(N)=O)C(C)O. The van der Waals surface area contributed by atoms with Gasteiger partial charge in [-0.2, -0.15) is 0 Å². The Bertz CT molecular complexity index is 346. The summed E-state index contributed by atoms with van der Waals surface area (Å²) in [6, 6.07) is -1.96.